The summed E-state index contributed by atoms with van der Waals surface area (Å²) in [5.41, 5.74) is 0.960. The first kappa shape index (κ1) is 15.0. The summed E-state index contributed by atoms with van der Waals surface area (Å²) in [5, 5.41) is 10.6. The van der Waals surface area contributed by atoms with Crippen molar-refractivity contribution in [1.82, 2.24) is 20.1 Å². The molecule has 2 N–H and O–H groups in total. The number of aromatic amines is 1. The number of thioether (sulfide) groups is 1. The smallest absolute Gasteiger partial charge is 0.313 e. The van der Waals surface area contributed by atoms with Crippen molar-refractivity contribution in [3.8, 4) is 0 Å². The van der Waals surface area contributed by atoms with E-state index in [-0.39, 0.29) is 11.7 Å². The van der Waals surface area contributed by atoms with Crippen molar-refractivity contribution in [1.29, 1.82) is 0 Å². The van der Waals surface area contributed by atoms with Gasteiger partial charge < -0.3 is 5.32 Å². The van der Waals surface area contributed by atoms with Crippen LogP contribution in [0.15, 0.2) is 22.1 Å². The highest BCUT2D eigenvalue weighted by molar-refractivity contribution is 7.99. The van der Waals surface area contributed by atoms with Crippen LogP contribution in [0.4, 0.5) is 0 Å². The maximum absolute atomic E-state index is 11.5. The normalized spacial score (nSPS) is 11.1. The minimum Gasteiger partial charge on any atom is -0.313 e. The number of aromatic nitrogens is 3. The van der Waals surface area contributed by atoms with Crippen LogP contribution in [-0.2, 0) is 0 Å². The minimum absolute atomic E-state index is 0.116. The SMILES string of the molecule is C=C(CNCCC)CSc1n[nH]c(=O)n1C(C)C. The van der Waals surface area contributed by atoms with Gasteiger partial charge in [-0.2, -0.15) is 0 Å². The summed E-state index contributed by atoms with van der Waals surface area (Å²) in [6, 6.07) is 0.116. The van der Waals surface area contributed by atoms with E-state index in [9.17, 15) is 4.79 Å². The van der Waals surface area contributed by atoms with Crippen molar-refractivity contribution in [3.63, 3.8) is 0 Å². The van der Waals surface area contributed by atoms with Gasteiger partial charge in [-0.15, -0.1) is 5.10 Å². The Morgan fingerprint density at radius 3 is 2.94 bits per heavy atom. The quantitative estimate of drug-likeness (QED) is 0.429. The molecule has 0 radical (unpaired) electrons. The monoisotopic (exact) mass is 270 g/mol. The van der Waals surface area contributed by atoms with Crippen molar-refractivity contribution < 1.29 is 0 Å². The molecule has 0 aliphatic rings. The second kappa shape index (κ2) is 7.43. The van der Waals surface area contributed by atoms with Crippen LogP contribution in [0, 0.1) is 0 Å². The van der Waals surface area contributed by atoms with Crippen LogP contribution < -0.4 is 11.0 Å². The van der Waals surface area contributed by atoms with Crippen LogP contribution in [0.25, 0.3) is 0 Å². The first-order valence-electron chi connectivity index (χ1n) is 6.23. The summed E-state index contributed by atoms with van der Waals surface area (Å²) in [6.07, 6.45) is 1.12. The molecule has 5 nitrogen and oxygen atoms in total. The highest BCUT2D eigenvalue weighted by Gasteiger charge is 2.11. The van der Waals surface area contributed by atoms with E-state index >= 15 is 0 Å². The third kappa shape index (κ3) is 4.34. The minimum atomic E-state index is -0.151. The molecule has 0 amide bonds. The van der Waals surface area contributed by atoms with Gasteiger partial charge >= 0.3 is 5.69 Å². The summed E-state index contributed by atoms with van der Waals surface area (Å²) in [7, 11) is 0. The molecule has 0 saturated heterocycles. The van der Waals surface area contributed by atoms with E-state index in [2.05, 4.69) is 29.0 Å². The topological polar surface area (TPSA) is 62.7 Å². The molecule has 0 spiro atoms. The third-order valence-corrected chi connectivity index (χ3v) is 3.49. The van der Waals surface area contributed by atoms with E-state index in [0.717, 1.165) is 36.0 Å². The average Bonchev–Trinajstić information content (AvgIpc) is 2.68. The molecule has 0 aliphatic carbocycles. The molecule has 1 rings (SSSR count). The fraction of sp³-hybridized carbons (Fsp3) is 0.667. The van der Waals surface area contributed by atoms with Crippen LogP contribution >= 0.6 is 11.8 Å². The summed E-state index contributed by atoms with van der Waals surface area (Å²) < 4.78 is 1.66. The van der Waals surface area contributed by atoms with Gasteiger partial charge in [0.25, 0.3) is 0 Å². The molecule has 18 heavy (non-hydrogen) atoms. The van der Waals surface area contributed by atoms with E-state index in [1.807, 2.05) is 13.8 Å². The van der Waals surface area contributed by atoms with Gasteiger partial charge in [0, 0.05) is 18.3 Å². The van der Waals surface area contributed by atoms with Gasteiger partial charge in [-0.1, -0.05) is 30.8 Å². The molecule has 0 fully saturated rings. The second-order valence-electron chi connectivity index (χ2n) is 4.49. The van der Waals surface area contributed by atoms with Gasteiger partial charge in [0.1, 0.15) is 0 Å². The lowest BCUT2D eigenvalue weighted by Crippen LogP contribution is -2.20. The Kier molecular flexibility index (Phi) is 6.21. The molecule has 1 heterocycles. The molecule has 1 aromatic heterocycles. The predicted molar refractivity (Wildman–Crippen MR) is 76.3 cm³/mol. The fourth-order valence-corrected chi connectivity index (χ4v) is 2.49. The van der Waals surface area contributed by atoms with E-state index < -0.39 is 0 Å². The Morgan fingerprint density at radius 2 is 2.33 bits per heavy atom. The number of nitrogens with one attached hydrogen (secondary N) is 2. The molecule has 0 aromatic carbocycles. The van der Waals surface area contributed by atoms with Crippen molar-refractivity contribution >= 4 is 11.8 Å². The van der Waals surface area contributed by atoms with Crippen LogP contribution in [0.1, 0.15) is 33.2 Å². The molecule has 0 saturated carbocycles. The highest BCUT2D eigenvalue weighted by atomic mass is 32.2. The zero-order chi connectivity index (χ0) is 13.5. The van der Waals surface area contributed by atoms with E-state index in [1.165, 1.54) is 0 Å². The van der Waals surface area contributed by atoms with Crippen molar-refractivity contribution in [2.45, 2.75) is 38.4 Å². The Balaban J connectivity index is 2.48. The summed E-state index contributed by atoms with van der Waals surface area (Å²) in [4.78, 5) is 11.5. The predicted octanol–water partition coefficient (Wildman–Crippen LogP) is 1.80. The molecule has 1 aromatic rings. The third-order valence-electron chi connectivity index (χ3n) is 2.40. The maximum atomic E-state index is 11.5. The first-order valence-corrected chi connectivity index (χ1v) is 7.21. The number of hydrogen-bond donors (Lipinski definition) is 2. The highest BCUT2D eigenvalue weighted by Crippen LogP contribution is 2.18. The lowest BCUT2D eigenvalue weighted by atomic mass is 10.3. The van der Waals surface area contributed by atoms with Crippen molar-refractivity contribution in [2.75, 3.05) is 18.8 Å². The molecule has 0 atom stereocenters. The van der Waals surface area contributed by atoms with E-state index in [4.69, 9.17) is 0 Å². The Labute approximate surface area is 112 Å². The van der Waals surface area contributed by atoms with Gasteiger partial charge in [0.15, 0.2) is 5.16 Å². The Morgan fingerprint density at radius 1 is 1.61 bits per heavy atom. The Hall–Kier alpha value is -1.01. The zero-order valence-electron chi connectivity index (χ0n) is 11.3. The molecule has 102 valence electrons. The molecular weight excluding hydrogens is 248 g/mol. The van der Waals surface area contributed by atoms with Crippen LogP contribution in [0.5, 0.6) is 0 Å². The summed E-state index contributed by atoms with van der Waals surface area (Å²) in [5.74, 6) is 0.772. The molecular formula is C12H22N4OS. The number of nitrogens with zero attached hydrogens (tertiary/aromatic N) is 2. The Bertz CT molecular complexity index is 436. The van der Waals surface area contributed by atoms with Gasteiger partial charge in [-0.05, 0) is 26.8 Å². The largest absolute Gasteiger partial charge is 0.344 e. The molecule has 0 bridgehead atoms. The van der Waals surface area contributed by atoms with Gasteiger partial charge in [-0.3, -0.25) is 4.57 Å². The lowest BCUT2D eigenvalue weighted by molar-refractivity contribution is 0.534. The second-order valence-corrected chi connectivity index (χ2v) is 5.43. The summed E-state index contributed by atoms with van der Waals surface area (Å²) >= 11 is 1.54. The molecule has 0 aliphatic heterocycles. The number of H-pyrrole nitrogens is 1. The summed E-state index contributed by atoms with van der Waals surface area (Å²) in [6.45, 7) is 11.9. The number of rotatable bonds is 8. The van der Waals surface area contributed by atoms with Crippen LogP contribution in [-0.4, -0.2) is 33.6 Å². The number of hydrogen-bond acceptors (Lipinski definition) is 4. The van der Waals surface area contributed by atoms with Gasteiger partial charge in [0.05, 0.1) is 0 Å². The van der Waals surface area contributed by atoms with Crippen LogP contribution in [0.2, 0.25) is 0 Å². The van der Waals surface area contributed by atoms with Gasteiger partial charge in [-0.25, -0.2) is 9.89 Å². The zero-order valence-corrected chi connectivity index (χ0v) is 12.1. The lowest BCUT2D eigenvalue weighted by Gasteiger charge is -2.09. The molecule has 0 unspecified atom stereocenters. The van der Waals surface area contributed by atoms with Crippen molar-refractivity contribution in [3.05, 3.63) is 22.6 Å². The van der Waals surface area contributed by atoms with E-state index in [0.29, 0.717) is 0 Å². The fourth-order valence-electron chi connectivity index (χ4n) is 1.51. The maximum Gasteiger partial charge on any atom is 0.344 e. The average molecular weight is 270 g/mol. The first-order chi connectivity index (χ1) is 8.56. The van der Waals surface area contributed by atoms with Gasteiger partial charge in [0.2, 0.25) is 0 Å². The van der Waals surface area contributed by atoms with Crippen molar-refractivity contribution in [2.24, 2.45) is 0 Å². The van der Waals surface area contributed by atoms with E-state index in [1.54, 1.807) is 16.3 Å². The molecule has 6 heteroatoms. The van der Waals surface area contributed by atoms with Crippen LogP contribution in [0.3, 0.4) is 0 Å². The standard InChI is InChI=1S/C12H22N4OS/c1-5-6-13-7-10(4)8-18-12-15-14-11(17)16(12)9(2)3/h9,13H,4-8H2,1-3H3,(H,14,17).